The summed E-state index contributed by atoms with van der Waals surface area (Å²) >= 11 is 0. The molecule has 2 heterocycles. The third-order valence-corrected chi connectivity index (χ3v) is 4.35. The molecule has 1 atom stereocenters. The van der Waals surface area contributed by atoms with Crippen LogP contribution in [0.1, 0.15) is 22.9 Å². The third-order valence-electron chi connectivity index (χ3n) is 4.35. The number of benzene rings is 2. The number of pyridine rings is 1. The average Bonchev–Trinajstić information content (AvgIpc) is 2.67. The van der Waals surface area contributed by atoms with Gasteiger partial charge in [0.1, 0.15) is 11.6 Å². The van der Waals surface area contributed by atoms with Gasteiger partial charge in [0.05, 0.1) is 5.52 Å². The van der Waals surface area contributed by atoms with Gasteiger partial charge in [-0.2, -0.15) is 0 Å². The third kappa shape index (κ3) is 3.19. The Morgan fingerprint density at radius 3 is 2.36 bits per heavy atom. The van der Waals surface area contributed by atoms with Crippen LogP contribution in [0.5, 0.6) is 0 Å². The fraction of sp³-hybridized carbons (Fsp3) is 0.0952. The van der Waals surface area contributed by atoms with E-state index in [0.29, 0.717) is 12.2 Å². The van der Waals surface area contributed by atoms with Crippen molar-refractivity contribution < 1.29 is 0 Å². The molecular formula is C21H18N4. The number of nitrogens with two attached hydrogens (primary N) is 1. The van der Waals surface area contributed by atoms with Crippen molar-refractivity contribution in [2.24, 2.45) is 0 Å². The van der Waals surface area contributed by atoms with Gasteiger partial charge in [-0.15, -0.1) is 0 Å². The van der Waals surface area contributed by atoms with Crippen molar-refractivity contribution in [2.45, 2.75) is 12.3 Å². The summed E-state index contributed by atoms with van der Waals surface area (Å²) in [5.74, 6) is 1.41. The second-order valence-electron chi connectivity index (χ2n) is 6.00. The molecule has 25 heavy (non-hydrogen) atoms. The number of nitrogens with zero attached hydrogens (tertiary/aromatic N) is 3. The van der Waals surface area contributed by atoms with Crippen LogP contribution in [0.4, 0.5) is 5.82 Å². The normalized spacial score (nSPS) is 12.2. The summed E-state index contributed by atoms with van der Waals surface area (Å²) in [6, 6.07) is 22.3. The molecule has 2 aromatic heterocycles. The van der Waals surface area contributed by atoms with Crippen LogP contribution in [0, 0.1) is 0 Å². The molecule has 0 saturated heterocycles. The van der Waals surface area contributed by atoms with Gasteiger partial charge >= 0.3 is 0 Å². The summed E-state index contributed by atoms with van der Waals surface area (Å²) in [5.41, 5.74) is 9.38. The van der Waals surface area contributed by atoms with E-state index in [0.717, 1.165) is 22.3 Å². The lowest BCUT2D eigenvalue weighted by Crippen LogP contribution is -2.09. The smallest absolute Gasteiger partial charge is 0.135 e. The van der Waals surface area contributed by atoms with Crippen molar-refractivity contribution in [2.75, 3.05) is 5.73 Å². The summed E-state index contributed by atoms with van der Waals surface area (Å²) < 4.78 is 0. The Balaban J connectivity index is 1.77. The van der Waals surface area contributed by atoms with E-state index >= 15 is 0 Å². The molecule has 1 unspecified atom stereocenters. The van der Waals surface area contributed by atoms with Crippen LogP contribution in [-0.4, -0.2) is 15.0 Å². The number of anilines is 1. The number of rotatable bonds is 4. The average molecular weight is 326 g/mol. The van der Waals surface area contributed by atoms with Crippen molar-refractivity contribution in [3.63, 3.8) is 0 Å². The zero-order valence-corrected chi connectivity index (χ0v) is 13.7. The first-order valence-corrected chi connectivity index (χ1v) is 8.27. The van der Waals surface area contributed by atoms with Crippen molar-refractivity contribution in [3.05, 3.63) is 96.1 Å². The second kappa shape index (κ2) is 6.69. The number of fused-ring (bicyclic) bond motifs is 1. The van der Waals surface area contributed by atoms with E-state index in [2.05, 4.69) is 28.2 Å². The molecule has 0 amide bonds. The molecule has 2 aromatic carbocycles. The predicted octanol–water partition coefficient (Wildman–Crippen LogP) is 3.98. The summed E-state index contributed by atoms with van der Waals surface area (Å²) in [5, 5.41) is 0.892. The Morgan fingerprint density at radius 1 is 0.800 bits per heavy atom. The van der Waals surface area contributed by atoms with Crippen LogP contribution in [0.25, 0.3) is 10.9 Å². The zero-order valence-electron chi connectivity index (χ0n) is 13.7. The lowest BCUT2D eigenvalue weighted by atomic mass is 9.89. The Bertz CT molecular complexity index is 945. The number of aromatic nitrogens is 3. The maximum Gasteiger partial charge on any atom is 0.135 e. The predicted molar refractivity (Wildman–Crippen MR) is 100 cm³/mol. The topological polar surface area (TPSA) is 64.7 Å². The van der Waals surface area contributed by atoms with E-state index in [-0.39, 0.29) is 5.92 Å². The van der Waals surface area contributed by atoms with Crippen LogP contribution >= 0.6 is 0 Å². The first-order valence-electron chi connectivity index (χ1n) is 8.27. The maximum atomic E-state index is 6.15. The molecule has 0 fully saturated rings. The van der Waals surface area contributed by atoms with Crippen LogP contribution < -0.4 is 5.73 Å². The molecule has 4 heteroatoms. The van der Waals surface area contributed by atoms with Gasteiger partial charge in [-0.1, -0.05) is 48.5 Å². The second-order valence-corrected chi connectivity index (χ2v) is 6.00. The summed E-state index contributed by atoms with van der Waals surface area (Å²) in [7, 11) is 0. The van der Waals surface area contributed by atoms with E-state index in [1.807, 2.05) is 54.7 Å². The SMILES string of the molecule is Nc1nc(CC(c2ccccc2)c2cccnc2)nc2ccccc12. The van der Waals surface area contributed by atoms with Crippen LogP contribution in [0.3, 0.4) is 0 Å². The zero-order chi connectivity index (χ0) is 17.1. The molecule has 0 aliphatic rings. The van der Waals surface area contributed by atoms with Gasteiger partial charge in [-0.3, -0.25) is 4.98 Å². The Kier molecular flexibility index (Phi) is 4.09. The first-order chi connectivity index (χ1) is 12.3. The fourth-order valence-electron chi connectivity index (χ4n) is 3.12. The minimum Gasteiger partial charge on any atom is -0.383 e. The Hall–Kier alpha value is -3.27. The van der Waals surface area contributed by atoms with Gasteiger partial charge in [-0.05, 0) is 29.3 Å². The van der Waals surface area contributed by atoms with Gasteiger partial charge in [0.25, 0.3) is 0 Å². The molecule has 0 saturated carbocycles. The standard InChI is InChI=1S/C21H18N4/c22-21-17-10-4-5-11-19(17)24-20(25-21)13-18(15-7-2-1-3-8-15)16-9-6-12-23-14-16/h1-12,14,18H,13H2,(H2,22,24,25). The van der Waals surface area contributed by atoms with Gasteiger partial charge in [0, 0.05) is 30.1 Å². The molecule has 0 aliphatic heterocycles. The largest absolute Gasteiger partial charge is 0.383 e. The molecule has 0 bridgehead atoms. The molecule has 4 rings (SSSR count). The highest BCUT2D eigenvalue weighted by Crippen LogP contribution is 2.28. The highest BCUT2D eigenvalue weighted by molar-refractivity contribution is 5.87. The van der Waals surface area contributed by atoms with Gasteiger partial charge in [-0.25, -0.2) is 9.97 Å². The minimum atomic E-state index is 0.135. The molecule has 4 aromatic rings. The summed E-state index contributed by atoms with van der Waals surface area (Å²) in [6.45, 7) is 0. The monoisotopic (exact) mass is 326 g/mol. The quantitative estimate of drug-likeness (QED) is 0.616. The summed E-state index contributed by atoms with van der Waals surface area (Å²) in [6.07, 6.45) is 4.36. The van der Waals surface area contributed by atoms with Gasteiger partial charge in [0.2, 0.25) is 0 Å². The van der Waals surface area contributed by atoms with Crippen molar-refractivity contribution in [1.82, 2.24) is 15.0 Å². The fourth-order valence-corrected chi connectivity index (χ4v) is 3.12. The minimum absolute atomic E-state index is 0.135. The van der Waals surface area contributed by atoms with Crippen LogP contribution in [0.15, 0.2) is 79.1 Å². The number of nitrogen functional groups attached to an aromatic ring is 1. The summed E-state index contributed by atoms with van der Waals surface area (Å²) in [4.78, 5) is 13.5. The first kappa shape index (κ1) is 15.3. The van der Waals surface area contributed by atoms with Crippen LogP contribution in [0.2, 0.25) is 0 Å². The number of hydrogen-bond donors (Lipinski definition) is 1. The number of para-hydroxylation sites is 1. The maximum absolute atomic E-state index is 6.15. The molecule has 4 nitrogen and oxygen atoms in total. The highest BCUT2D eigenvalue weighted by atomic mass is 14.9. The molecule has 0 aliphatic carbocycles. The van der Waals surface area contributed by atoms with Crippen molar-refractivity contribution in [1.29, 1.82) is 0 Å². The molecule has 0 spiro atoms. The Labute approximate surface area is 146 Å². The molecule has 2 N–H and O–H groups in total. The molecule has 0 radical (unpaired) electrons. The number of hydrogen-bond acceptors (Lipinski definition) is 4. The molecular weight excluding hydrogens is 308 g/mol. The lowest BCUT2D eigenvalue weighted by molar-refractivity contribution is 0.757. The van der Waals surface area contributed by atoms with E-state index in [4.69, 9.17) is 10.7 Å². The van der Waals surface area contributed by atoms with Crippen molar-refractivity contribution >= 4 is 16.7 Å². The molecule has 122 valence electrons. The van der Waals surface area contributed by atoms with E-state index in [9.17, 15) is 0 Å². The Morgan fingerprint density at radius 2 is 1.56 bits per heavy atom. The van der Waals surface area contributed by atoms with E-state index < -0.39 is 0 Å². The van der Waals surface area contributed by atoms with Gasteiger partial charge in [0.15, 0.2) is 0 Å². The van der Waals surface area contributed by atoms with Crippen molar-refractivity contribution in [3.8, 4) is 0 Å². The van der Waals surface area contributed by atoms with Crippen LogP contribution in [-0.2, 0) is 6.42 Å². The van der Waals surface area contributed by atoms with E-state index in [1.165, 1.54) is 5.56 Å². The van der Waals surface area contributed by atoms with E-state index in [1.54, 1.807) is 6.20 Å². The highest BCUT2D eigenvalue weighted by Gasteiger charge is 2.17. The lowest BCUT2D eigenvalue weighted by Gasteiger charge is -2.17. The van der Waals surface area contributed by atoms with Gasteiger partial charge < -0.3 is 5.73 Å².